The van der Waals surface area contributed by atoms with E-state index in [0.717, 1.165) is 17.7 Å². The van der Waals surface area contributed by atoms with Gasteiger partial charge in [-0.3, -0.25) is 4.90 Å². The number of hydrogen-bond acceptors (Lipinski definition) is 4. The van der Waals surface area contributed by atoms with Crippen molar-refractivity contribution in [1.29, 1.82) is 5.26 Å². The van der Waals surface area contributed by atoms with E-state index in [1.807, 2.05) is 38.1 Å². The van der Waals surface area contributed by atoms with Crippen LogP contribution < -0.4 is 0 Å². The van der Waals surface area contributed by atoms with Crippen molar-refractivity contribution in [3.8, 4) is 6.07 Å². The molecule has 20 heavy (non-hydrogen) atoms. The number of hydrogen-bond donors (Lipinski definition) is 2. The number of benzene rings is 1. The summed E-state index contributed by atoms with van der Waals surface area (Å²) in [5, 5.41) is 27.4. The second kappa shape index (κ2) is 8.01. The monoisotopic (exact) mass is 276 g/mol. The van der Waals surface area contributed by atoms with E-state index in [1.165, 1.54) is 0 Å². The topological polar surface area (TPSA) is 67.5 Å². The first-order chi connectivity index (χ1) is 9.55. The van der Waals surface area contributed by atoms with E-state index in [4.69, 9.17) is 10.2 Å². The Kier molecular flexibility index (Phi) is 6.66. The third-order valence-corrected chi connectivity index (χ3v) is 3.41. The Bertz CT molecular complexity index is 452. The first-order valence-corrected chi connectivity index (χ1v) is 6.99. The molecule has 0 bridgehead atoms. The van der Waals surface area contributed by atoms with Gasteiger partial charge in [0.25, 0.3) is 0 Å². The fourth-order valence-electron chi connectivity index (χ4n) is 2.27. The summed E-state index contributed by atoms with van der Waals surface area (Å²) >= 11 is 0. The van der Waals surface area contributed by atoms with Crippen molar-refractivity contribution in [3.63, 3.8) is 0 Å². The van der Waals surface area contributed by atoms with Crippen LogP contribution in [-0.4, -0.2) is 41.4 Å². The first kappa shape index (κ1) is 16.6. The molecular formula is C16H24N2O2. The van der Waals surface area contributed by atoms with Crippen molar-refractivity contribution >= 4 is 0 Å². The summed E-state index contributed by atoms with van der Waals surface area (Å²) in [4.78, 5) is 2.10. The fraction of sp³-hybridized carbons (Fsp3) is 0.562. The summed E-state index contributed by atoms with van der Waals surface area (Å²) in [7, 11) is 0. The lowest BCUT2D eigenvalue weighted by molar-refractivity contribution is 0.173. The molecule has 4 heteroatoms. The average Bonchev–Trinajstić information content (AvgIpc) is 2.45. The van der Waals surface area contributed by atoms with Gasteiger partial charge in [-0.25, -0.2) is 0 Å². The standard InChI is InChI=1S/C16H24N2O2/c1-16(2,13-17)15-7-4-3-6-14(15)12-18(9-11-20)8-5-10-19/h3-4,6-7,19-20H,5,8-12H2,1-2H3. The highest BCUT2D eigenvalue weighted by molar-refractivity contribution is 5.37. The maximum Gasteiger partial charge on any atom is 0.0769 e. The zero-order chi connectivity index (χ0) is 15.0. The van der Waals surface area contributed by atoms with Crippen molar-refractivity contribution in [1.82, 2.24) is 4.90 Å². The Balaban J connectivity index is 2.92. The van der Waals surface area contributed by atoms with Gasteiger partial charge < -0.3 is 10.2 Å². The minimum Gasteiger partial charge on any atom is -0.396 e. The molecule has 1 aromatic rings. The third kappa shape index (κ3) is 4.61. The summed E-state index contributed by atoms with van der Waals surface area (Å²) in [6, 6.07) is 10.3. The van der Waals surface area contributed by atoms with Gasteiger partial charge in [0, 0.05) is 26.2 Å². The molecule has 0 aliphatic carbocycles. The van der Waals surface area contributed by atoms with Crippen LogP contribution in [0.1, 0.15) is 31.4 Å². The van der Waals surface area contributed by atoms with Crippen molar-refractivity contribution in [2.75, 3.05) is 26.3 Å². The smallest absolute Gasteiger partial charge is 0.0769 e. The van der Waals surface area contributed by atoms with Gasteiger partial charge in [-0.15, -0.1) is 0 Å². The van der Waals surface area contributed by atoms with Gasteiger partial charge in [0.15, 0.2) is 0 Å². The molecule has 1 aromatic carbocycles. The van der Waals surface area contributed by atoms with Crippen molar-refractivity contribution in [3.05, 3.63) is 35.4 Å². The molecule has 0 aromatic heterocycles. The maximum absolute atomic E-state index is 9.31. The second-order valence-corrected chi connectivity index (χ2v) is 5.47. The summed E-state index contributed by atoms with van der Waals surface area (Å²) in [6.45, 7) is 6.05. The molecule has 1 rings (SSSR count). The van der Waals surface area contributed by atoms with E-state index in [1.54, 1.807) is 0 Å². The Morgan fingerprint density at radius 3 is 2.45 bits per heavy atom. The molecule has 0 amide bonds. The second-order valence-electron chi connectivity index (χ2n) is 5.47. The molecule has 0 unspecified atom stereocenters. The van der Waals surface area contributed by atoms with Crippen LogP contribution in [0.5, 0.6) is 0 Å². The number of nitriles is 1. The summed E-state index contributed by atoms with van der Waals surface area (Å²) in [5.74, 6) is 0. The Labute approximate surface area is 121 Å². The van der Waals surface area contributed by atoms with E-state index in [2.05, 4.69) is 11.0 Å². The zero-order valence-corrected chi connectivity index (χ0v) is 12.3. The molecule has 0 fully saturated rings. The first-order valence-electron chi connectivity index (χ1n) is 6.99. The number of rotatable bonds is 8. The lowest BCUT2D eigenvalue weighted by Gasteiger charge is -2.25. The van der Waals surface area contributed by atoms with Crippen molar-refractivity contribution in [2.45, 2.75) is 32.2 Å². The minimum absolute atomic E-state index is 0.0925. The van der Waals surface area contributed by atoms with Crippen LogP contribution in [0.25, 0.3) is 0 Å². The highest BCUT2D eigenvalue weighted by Gasteiger charge is 2.23. The SMILES string of the molecule is CC(C)(C#N)c1ccccc1CN(CCO)CCCO. The maximum atomic E-state index is 9.31. The predicted molar refractivity (Wildman–Crippen MR) is 79.1 cm³/mol. The summed E-state index contributed by atoms with van der Waals surface area (Å²) in [5.41, 5.74) is 1.60. The Morgan fingerprint density at radius 2 is 1.85 bits per heavy atom. The summed E-state index contributed by atoms with van der Waals surface area (Å²) < 4.78 is 0. The predicted octanol–water partition coefficient (Wildman–Crippen LogP) is 1.66. The highest BCUT2D eigenvalue weighted by atomic mass is 16.3. The normalized spacial score (nSPS) is 11.6. The number of aliphatic hydroxyl groups is 2. The van der Waals surface area contributed by atoms with Crippen molar-refractivity contribution in [2.24, 2.45) is 0 Å². The van der Waals surface area contributed by atoms with Gasteiger partial charge in [-0.1, -0.05) is 24.3 Å². The van der Waals surface area contributed by atoms with Crippen LogP contribution in [0.4, 0.5) is 0 Å². The van der Waals surface area contributed by atoms with Gasteiger partial charge in [0.1, 0.15) is 0 Å². The summed E-state index contributed by atoms with van der Waals surface area (Å²) in [6.07, 6.45) is 0.684. The number of aliphatic hydroxyl groups excluding tert-OH is 2. The van der Waals surface area contributed by atoms with Gasteiger partial charge in [-0.2, -0.15) is 5.26 Å². The fourth-order valence-corrected chi connectivity index (χ4v) is 2.27. The highest BCUT2D eigenvalue weighted by Crippen LogP contribution is 2.26. The van der Waals surface area contributed by atoms with E-state index in [0.29, 0.717) is 19.5 Å². The molecule has 0 saturated carbocycles. The molecule has 4 nitrogen and oxygen atoms in total. The van der Waals surface area contributed by atoms with Crippen LogP contribution >= 0.6 is 0 Å². The molecule has 0 aliphatic heterocycles. The van der Waals surface area contributed by atoms with Crippen LogP contribution in [0, 0.1) is 11.3 Å². The molecule has 0 radical (unpaired) electrons. The molecule has 0 saturated heterocycles. The third-order valence-electron chi connectivity index (χ3n) is 3.41. The van der Waals surface area contributed by atoms with Gasteiger partial charge in [0.05, 0.1) is 18.1 Å². The zero-order valence-electron chi connectivity index (χ0n) is 12.3. The van der Waals surface area contributed by atoms with Gasteiger partial charge in [-0.05, 0) is 31.4 Å². The number of nitrogens with zero attached hydrogens (tertiary/aromatic N) is 2. The van der Waals surface area contributed by atoms with Gasteiger partial charge in [0.2, 0.25) is 0 Å². The Morgan fingerprint density at radius 1 is 1.15 bits per heavy atom. The average molecular weight is 276 g/mol. The largest absolute Gasteiger partial charge is 0.396 e. The molecule has 2 N–H and O–H groups in total. The molecule has 0 spiro atoms. The van der Waals surface area contributed by atoms with E-state index in [-0.39, 0.29) is 13.2 Å². The van der Waals surface area contributed by atoms with E-state index in [9.17, 15) is 5.26 Å². The van der Waals surface area contributed by atoms with E-state index < -0.39 is 5.41 Å². The van der Waals surface area contributed by atoms with Crippen LogP contribution in [-0.2, 0) is 12.0 Å². The van der Waals surface area contributed by atoms with Crippen LogP contribution in [0.3, 0.4) is 0 Å². The molecule has 110 valence electrons. The van der Waals surface area contributed by atoms with Crippen molar-refractivity contribution < 1.29 is 10.2 Å². The van der Waals surface area contributed by atoms with E-state index >= 15 is 0 Å². The van der Waals surface area contributed by atoms with Gasteiger partial charge >= 0.3 is 0 Å². The Hall–Kier alpha value is -1.41. The van der Waals surface area contributed by atoms with Crippen LogP contribution in [0.2, 0.25) is 0 Å². The quantitative estimate of drug-likeness (QED) is 0.758. The molecule has 0 heterocycles. The lowest BCUT2D eigenvalue weighted by atomic mass is 9.83. The molecular weight excluding hydrogens is 252 g/mol. The molecule has 0 aliphatic rings. The lowest BCUT2D eigenvalue weighted by Crippen LogP contribution is -2.29. The minimum atomic E-state index is -0.529. The molecule has 0 atom stereocenters. The van der Waals surface area contributed by atoms with Crippen LogP contribution in [0.15, 0.2) is 24.3 Å².